The summed E-state index contributed by atoms with van der Waals surface area (Å²) in [6, 6.07) is 6.20. The number of hydrogen-bond donors (Lipinski definition) is 1. The molecule has 0 spiro atoms. The largest absolute Gasteiger partial charge is 0.383 e. The number of nitrogens with one attached hydrogen (secondary N) is 1. The van der Waals surface area contributed by atoms with Crippen LogP contribution in [-0.4, -0.2) is 37.0 Å². The average molecular weight is 468 g/mol. The van der Waals surface area contributed by atoms with Crippen molar-refractivity contribution in [2.24, 2.45) is 0 Å². The third kappa shape index (κ3) is 4.73. The van der Waals surface area contributed by atoms with Crippen molar-refractivity contribution in [2.45, 2.75) is 6.42 Å². The van der Waals surface area contributed by atoms with Crippen LogP contribution in [0.5, 0.6) is 0 Å². The van der Waals surface area contributed by atoms with Gasteiger partial charge in [-0.25, -0.2) is 0 Å². The van der Waals surface area contributed by atoms with Crippen LogP contribution in [0.15, 0.2) is 22.7 Å². The molecule has 0 saturated carbocycles. The summed E-state index contributed by atoms with van der Waals surface area (Å²) in [6.07, 6.45) is 0.895. The fourth-order valence-electron chi connectivity index (χ4n) is 1.62. The Hall–Kier alpha value is -0.0900. The van der Waals surface area contributed by atoms with Gasteiger partial charge in [0.2, 0.25) is 0 Å². The van der Waals surface area contributed by atoms with Gasteiger partial charge in [0.15, 0.2) is 0 Å². The number of benzene rings is 1. The van der Waals surface area contributed by atoms with Crippen LogP contribution in [0.1, 0.15) is 5.01 Å². The van der Waals surface area contributed by atoms with Crippen LogP contribution in [0.3, 0.4) is 0 Å². The number of ether oxygens (including phenoxy) is 1. The van der Waals surface area contributed by atoms with Crippen molar-refractivity contribution in [1.82, 2.24) is 15.5 Å². The lowest BCUT2D eigenvalue weighted by Crippen LogP contribution is -2.21. The molecule has 0 atom stereocenters. The highest BCUT2D eigenvalue weighted by Crippen LogP contribution is 2.30. The van der Waals surface area contributed by atoms with E-state index >= 15 is 0 Å². The second-order valence-corrected chi connectivity index (χ2v) is 7.26. The first-order valence-electron chi connectivity index (χ1n) is 6.18. The summed E-state index contributed by atoms with van der Waals surface area (Å²) in [4.78, 5) is 0. The number of rotatable bonds is 7. The molecule has 2 aromatic rings. The van der Waals surface area contributed by atoms with Crippen LogP contribution in [0.4, 0.5) is 0 Å². The first kappa shape index (κ1) is 16.3. The molecule has 0 saturated heterocycles. The van der Waals surface area contributed by atoms with Gasteiger partial charge in [-0.1, -0.05) is 27.3 Å². The van der Waals surface area contributed by atoms with Gasteiger partial charge in [-0.2, -0.15) is 0 Å². The molecule has 4 nitrogen and oxygen atoms in total. The molecule has 0 amide bonds. The van der Waals surface area contributed by atoms with Gasteiger partial charge in [-0.15, -0.1) is 10.2 Å². The summed E-state index contributed by atoms with van der Waals surface area (Å²) in [5, 5.41) is 13.9. The standard InChI is InChI=1S/C13H15BrIN3OS/c1-19-7-6-16-5-4-12-17-18-13(20-12)10-8-9(14)2-3-11(10)15/h2-3,8,16H,4-7H2,1H3. The van der Waals surface area contributed by atoms with E-state index in [9.17, 15) is 0 Å². The highest BCUT2D eigenvalue weighted by molar-refractivity contribution is 14.1. The number of nitrogens with zero attached hydrogens (tertiary/aromatic N) is 2. The molecule has 0 bridgehead atoms. The zero-order valence-corrected chi connectivity index (χ0v) is 15.6. The molecule has 1 N–H and O–H groups in total. The van der Waals surface area contributed by atoms with E-state index < -0.39 is 0 Å². The van der Waals surface area contributed by atoms with E-state index in [4.69, 9.17) is 4.74 Å². The van der Waals surface area contributed by atoms with Gasteiger partial charge in [-0.05, 0) is 40.8 Å². The molecule has 0 aliphatic carbocycles. The van der Waals surface area contributed by atoms with E-state index in [0.717, 1.165) is 46.2 Å². The van der Waals surface area contributed by atoms with Crippen LogP contribution in [0, 0.1) is 3.57 Å². The normalized spacial score (nSPS) is 10.9. The molecule has 2 rings (SSSR count). The van der Waals surface area contributed by atoms with E-state index in [-0.39, 0.29) is 0 Å². The Morgan fingerprint density at radius 1 is 1.35 bits per heavy atom. The van der Waals surface area contributed by atoms with Crippen LogP contribution < -0.4 is 5.32 Å². The molecule has 0 aliphatic rings. The van der Waals surface area contributed by atoms with Crippen molar-refractivity contribution in [2.75, 3.05) is 26.8 Å². The van der Waals surface area contributed by atoms with Crippen LogP contribution in [0.25, 0.3) is 10.6 Å². The van der Waals surface area contributed by atoms with E-state index in [1.165, 1.54) is 3.57 Å². The maximum Gasteiger partial charge on any atom is 0.148 e. The summed E-state index contributed by atoms with van der Waals surface area (Å²) in [6.45, 7) is 2.50. The average Bonchev–Trinajstić information content (AvgIpc) is 2.90. The predicted molar refractivity (Wildman–Crippen MR) is 94.2 cm³/mol. The van der Waals surface area contributed by atoms with Gasteiger partial charge in [0.25, 0.3) is 0 Å². The Morgan fingerprint density at radius 2 is 2.20 bits per heavy atom. The number of hydrogen-bond acceptors (Lipinski definition) is 5. The lowest BCUT2D eigenvalue weighted by atomic mass is 10.2. The Labute approximate surface area is 144 Å². The van der Waals surface area contributed by atoms with Crippen LogP contribution >= 0.6 is 49.9 Å². The monoisotopic (exact) mass is 467 g/mol. The molecule has 108 valence electrons. The fourth-order valence-corrected chi connectivity index (χ4v) is 3.62. The maximum absolute atomic E-state index is 4.99. The first-order chi connectivity index (χ1) is 9.70. The van der Waals surface area contributed by atoms with Crippen LogP contribution in [-0.2, 0) is 11.2 Å². The molecule has 1 aromatic heterocycles. The van der Waals surface area contributed by atoms with Crippen molar-refractivity contribution in [3.8, 4) is 10.6 Å². The number of methoxy groups -OCH3 is 1. The van der Waals surface area contributed by atoms with Crippen LogP contribution in [0.2, 0.25) is 0 Å². The predicted octanol–water partition coefficient (Wildman–Crippen LogP) is 3.35. The highest BCUT2D eigenvalue weighted by atomic mass is 127. The molecule has 0 unspecified atom stereocenters. The minimum Gasteiger partial charge on any atom is -0.383 e. The molecule has 1 heterocycles. The van der Waals surface area contributed by atoms with Gasteiger partial charge < -0.3 is 10.1 Å². The number of aromatic nitrogens is 2. The number of halogens is 2. The summed E-state index contributed by atoms with van der Waals surface area (Å²) >= 11 is 7.48. The molecule has 1 aromatic carbocycles. The molecule has 0 aliphatic heterocycles. The third-order valence-electron chi connectivity index (χ3n) is 2.62. The summed E-state index contributed by atoms with van der Waals surface area (Å²) in [7, 11) is 1.71. The minimum absolute atomic E-state index is 0.734. The van der Waals surface area contributed by atoms with Gasteiger partial charge >= 0.3 is 0 Å². The van der Waals surface area contributed by atoms with Gasteiger partial charge in [0.05, 0.1) is 6.61 Å². The zero-order chi connectivity index (χ0) is 14.4. The Bertz CT molecular complexity index is 564. The van der Waals surface area contributed by atoms with Crippen molar-refractivity contribution in [3.63, 3.8) is 0 Å². The molecule has 0 radical (unpaired) electrons. The maximum atomic E-state index is 4.99. The minimum atomic E-state index is 0.734. The SMILES string of the molecule is COCCNCCc1nnc(-c2cc(Br)ccc2I)s1. The van der Waals surface area contributed by atoms with Gasteiger partial charge in [0.1, 0.15) is 10.0 Å². The van der Waals surface area contributed by atoms with E-state index in [2.05, 4.69) is 66.2 Å². The van der Waals surface area contributed by atoms with Gasteiger partial charge in [0, 0.05) is 40.2 Å². The highest BCUT2D eigenvalue weighted by Gasteiger charge is 2.10. The topological polar surface area (TPSA) is 47.0 Å². The molecule has 20 heavy (non-hydrogen) atoms. The summed E-state index contributed by atoms with van der Waals surface area (Å²) in [5.74, 6) is 0. The lowest BCUT2D eigenvalue weighted by Gasteiger charge is -2.01. The molecular weight excluding hydrogens is 453 g/mol. The first-order valence-corrected chi connectivity index (χ1v) is 8.87. The Kier molecular flexibility index (Phi) is 6.82. The Morgan fingerprint density at radius 3 is 3.00 bits per heavy atom. The van der Waals surface area contributed by atoms with E-state index in [0.29, 0.717) is 0 Å². The van der Waals surface area contributed by atoms with E-state index in [1.807, 2.05) is 6.07 Å². The zero-order valence-electron chi connectivity index (χ0n) is 11.0. The van der Waals surface area contributed by atoms with Crippen molar-refractivity contribution < 1.29 is 4.74 Å². The van der Waals surface area contributed by atoms with Crippen molar-refractivity contribution in [3.05, 3.63) is 31.2 Å². The molecular formula is C13H15BrIN3OS. The third-order valence-corrected chi connectivity index (χ3v) is 5.07. The van der Waals surface area contributed by atoms with Crippen molar-refractivity contribution >= 4 is 49.9 Å². The quantitative estimate of drug-likeness (QED) is 0.501. The van der Waals surface area contributed by atoms with E-state index in [1.54, 1.807) is 18.4 Å². The summed E-state index contributed by atoms with van der Waals surface area (Å²) in [5.41, 5.74) is 1.14. The smallest absolute Gasteiger partial charge is 0.148 e. The Balaban J connectivity index is 1.96. The second kappa shape index (κ2) is 8.38. The van der Waals surface area contributed by atoms with Crippen molar-refractivity contribution in [1.29, 1.82) is 0 Å². The fraction of sp³-hybridized carbons (Fsp3) is 0.385. The molecule has 7 heteroatoms. The second-order valence-electron chi connectivity index (χ2n) is 4.12. The summed E-state index contributed by atoms with van der Waals surface area (Å²) < 4.78 is 7.24. The molecule has 0 fully saturated rings. The van der Waals surface area contributed by atoms with Gasteiger partial charge in [-0.3, -0.25) is 0 Å². The lowest BCUT2D eigenvalue weighted by molar-refractivity contribution is 0.199.